The molecular weight excluding hydrogens is 401 g/mol. The molecule has 0 atom stereocenters. The van der Waals surface area contributed by atoms with Gasteiger partial charge in [0, 0.05) is 24.0 Å². The van der Waals surface area contributed by atoms with E-state index in [1.165, 1.54) is 17.5 Å². The van der Waals surface area contributed by atoms with E-state index in [1.54, 1.807) is 12.3 Å². The molecule has 0 unspecified atom stereocenters. The van der Waals surface area contributed by atoms with E-state index in [9.17, 15) is 18.0 Å². The number of carbonyl (C=O) groups excluding carboxylic acids is 1. The van der Waals surface area contributed by atoms with Gasteiger partial charge < -0.3 is 10.2 Å². The highest BCUT2D eigenvalue weighted by Crippen LogP contribution is 2.33. The molecule has 29 heavy (non-hydrogen) atoms. The molecule has 0 bridgehead atoms. The van der Waals surface area contributed by atoms with E-state index in [0.29, 0.717) is 16.4 Å². The number of rotatable bonds is 4. The number of halogens is 3. The number of nitrogens with one attached hydrogen (secondary N) is 1. The molecule has 1 fully saturated rings. The number of hydrogen-bond donors (Lipinski definition) is 1. The molecule has 3 heterocycles. The summed E-state index contributed by atoms with van der Waals surface area (Å²) in [4.78, 5) is 23.1. The predicted molar refractivity (Wildman–Crippen MR) is 106 cm³/mol. The third-order valence-corrected chi connectivity index (χ3v) is 5.53. The van der Waals surface area contributed by atoms with Crippen molar-refractivity contribution in [2.75, 3.05) is 23.3 Å². The van der Waals surface area contributed by atoms with Crippen LogP contribution in [0.15, 0.2) is 48.0 Å². The smallest absolute Gasteiger partial charge is 0.370 e. The molecule has 1 saturated heterocycles. The summed E-state index contributed by atoms with van der Waals surface area (Å²) in [7, 11) is 0. The number of alkyl halides is 3. The minimum atomic E-state index is -4.43. The summed E-state index contributed by atoms with van der Waals surface area (Å²) in [6.07, 6.45) is -0.385. The molecule has 0 radical (unpaired) electrons. The van der Waals surface area contributed by atoms with Gasteiger partial charge in [0.15, 0.2) is 0 Å². The van der Waals surface area contributed by atoms with E-state index in [2.05, 4.69) is 20.2 Å². The number of anilines is 2. The van der Waals surface area contributed by atoms with Crippen LogP contribution in [0.2, 0.25) is 0 Å². The number of thiazole rings is 1. The van der Waals surface area contributed by atoms with Crippen LogP contribution in [-0.4, -0.2) is 29.0 Å². The van der Waals surface area contributed by atoms with Gasteiger partial charge in [-0.15, -0.1) is 11.3 Å². The van der Waals surface area contributed by atoms with Gasteiger partial charge in [0.05, 0.1) is 17.4 Å². The number of nitrogens with zero attached hydrogens (tertiary/aromatic N) is 3. The fraction of sp³-hybridized carbons (Fsp3) is 0.250. The molecule has 2 aromatic heterocycles. The molecule has 0 spiro atoms. The minimum Gasteiger partial charge on any atom is -0.370 e. The van der Waals surface area contributed by atoms with Crippen LogP contribution in [0.25, 0.3) is 10.6 Å². The second-order valence-corrected chi connectivity index (χ2v) is 7.52. The van der Waals surface area contributed by atoms with Gasteiger partial charge in [-0.05, 0) is 37.1 Å². The average molecular weight is 418 g/mol. The molecule has 1 amide bonds. The molecule has 150 valence electrons. The number of hydrogen-bond acceptors (Lipinski definition) is 5. The highest BCUT2D eigenvalue weighted by atomic mass is 32.1. The van der Waals surface area contributed by atoms with Crippen LogP contribution in [0.1, 0.15) is 28.9 Å². The molecule has 0 saturated carbocycles. The monoisotopic (exact) mass is 418 g/mol. The van der Waals surface area contributed by atoms with Crippen molar-refractivity contribution in [1.29, 1.82) is 0 Å². The molecular formula is C20H17F3N4OS. The maximum atomic E-state index is 12.9. The van der Waals surface area contributed by atoms with Crippen LogP contribution in [0.4, 0.5) is 24.7 Å². The third-order valence-electron chi connectivity index (χ3n) is 4.63. The van der Waals surface area contributed by atoms with Gasteiger partial charge in [-0.2, -0.15) is 13.2 Å². The first-order valence-electron chi connectivity index (χ1n) is 9.06. The fourth-order valence-electron chi connectivity index (χ4n) is 3.14. The van der Waals surface area contributed by atoms with Crippen molar-refractivity contribution >= 4 is 28.7 Å². The topological polar surface area (TPSA) is 58.1 Å². The summed E-state index contributed by atoms with van der Waals surface area (Å²) in [5, 5.41) is 4.54. The molecule has 1 N–H and O–H groups in total. The second kappa shape index (κ2) is 7.82. The summed E-state index contributed by atoms with van der Waals surface area (Å²) in [5.74, 6) is -0.0625. The molecule has 3 aromatic rings. The first-order chi connectivity index (χ1) is 13.9. The van der Waals surface area contributed by atoms with Crippen LogP contribution in [0.3, 0.4) is 0 Å². The Labute approximate surface area is 169 Å². The van der Waals surface area contributed by atoms with Crippen LogP contribution >= 0.6 is 11.3 Å². The molecule has 0 aliphatic carbocycles. The third kappa shape index (κ3) is 4.40. The Kier molecular flexibility index (Phi) is 5.23. The van der Waals surface area contributed by atoms with Crippen molar-refractivity contribution in [2.24, 2.45) is 0 Å². The molecule has 1 aliphatic heterocycles. The van der Waals surface area contributed by atoms with Gasteiger partial charge in [-0.25, -0.2) is 9.97 Å². The second-order valence-electron chi connectivity index (χ2n) is 6.67. The van der Waals surface area contributed by atoms with Gasteiger partial charge in [0.2, 0.25) is 0 Å². The van der Waals surface area contributed by atoms with E-state index in [4.69, 9.17) is 0 Å². The maximum Gasteiger partial charge on any atom is 0.416 e. The summed E-state index contributed by atoms with van der Waals surface area (Å²) >= 11 is 1.11. The lowest BCUT2D eigenvalue weighted by molar-refractivity contribution is -0.137. The Hall–Kier alpha value is -2.94. The Morgan fingerprint density at radius 2 is 1.93 bits per heavy atom. The van der Waals surface area contributed by atoms with Gasteiger partial charge in [-0.1, -0.05) is 12.1 Å². The number of aromatic nitrogens is 2. The van der Waals surface area contributed by atoms with Crippen molar-refractivity contribution in [1.82, 2.24) is 9.97 Å². The average Bonchev–Trinajstić information content (AvgIpc) is 3.40. The first kappa shape index (κ1) is 19.4. The zero-order valence-corrected chi connectivity index (χ0v) is 16.1. The van der Waals surface area contributed by atoms with Gasteiger partial charge >= 0.3 is 6.18 Å². The number of amides is 1. The summed E-state index contributed by atoms with van der Waals surface area (Å²) in [6.45, 7) is 2.01. The number of carbonyl (C=O) groups is 1. The lowest BCUT2D eigenvalue weighted by atomic mass is 10.1. The van der Waals surface area contributed by atoms with Crippen molar-refractivity contribution in [3.05, 3.63) is 59.2 Å². The molecule has 5 nitrogen and oxygen atoms in total. The fourth-order valence-corrected chi connectivity index (χ4v) is 3.94. The Morgan fingerprint density at radius 3 is 2.62 bits per heavy atom. The zero-order valence-electron chi connectivity index (χ0n) is 15.2. The predicted octanol–water partition coefficient (Wildman–Crippen LogP) is 5.08. The normalized spacial score (nSPS) is 14.2. The SMILES string of the molecule is O=C(Nc1ccc(N2CCCC2)cn1)c1csc(-c2cccc(C(F)(F)F)c2)n1. The van der Waals surface area contributed by atoms with Crippen molar-refractivity contribution < 1.29 is 18.0 Å². The highest BCUT2D eigenvalue weighted by molar-refractivity contribution is 7.13. The van der Waals surface area contributed by atoms with Crippen molar-refractivity contribution in [3.8, 4) is 10.6 Å². The van der Waals surface area contributed by atoms with E-state index in [1.807, 2.05) is 6.07 Å². The van der Waals surface area contributed by atoms with E-state index >= 15 is 0 Å². The van der Waals surface area contributed by atoms with Crippen molar-refractivity contribution in [2.45, 2.75) is 19.0 Å². The quantitative estimate of drug-likeness (QED) is 0.642. The van der Waals surface area contributed by atoms with Crippen LogP contribution < -0.4 is 10.2 Å². The summed E-state index contributed by atoms with van der Waals surface area (Å²) in [6, 6.07) is 8.52. The number of pyridine rings is 1. The van der Waals surface area contributed by atoms with E-state index in [0.717, 1.165) is 55.1 Å². The van der Waals surface area contributed by atoms with Gasteiger partial charge in [-0.3, -0.25) is 4.79 Å². The zero-order chi connectivity index (χ0) is 20.4. The van der Waals surface area contributed by atoms with Crippen molar-refractivity contribution in [3.63, 3.8) is 0 Å². The largest absolute Gasteiger partial charge is 0.416 e. The Morgan fingerprint density at radius 1 is 1.14 bits per heavy atom. The molecule has 9 heteroatoms. The Bertz CT molecular complexity index is 1010. The summed E-state index contributed by atoms with van der Waals surface area (Å²) < 4.78 is 38.7. The van der Waals surface area contributed by atoms with E-state index in [-0.39, 0.29) is 5.69 Å². The van der Waals surface area contributed by atoms with Crippen LogP contribution in [-0.2, 0) is 6.18 Å². The molecule has 1 aromatic carbocycles. The first-order valence-corrected chi connectivity index (χ1v) is 9.94. The lowest BCUT2D eigenvalue weighted by Crippen LogP contribution is -2.18. The molecule has 4 rings (SSSR count). The Balaban J connectivity index is 1.46. The van der Waals surface area contributed by atoms with Gasteiger partial charge in [0.1, 0.15) is 16.5 Å². The van der Waals surface area contributed by atoms with Crippen LogP contribution in [0.5, 0.6) is 0 Å². The van der Waals surface area contributed by atoms with Gasteiger partial charge in [0.25, 0.3) is 5.91 Å². The highest BCUT2D eigenvalue weighted by Gasteiger charge is 2.30. The lowest BCUT2D eigenvalue weighted by Gasteiger charge is -2.17. The molecule has 1 aliphatic rings. The van der Waals surface area contributed by atoms with E-state index < -0.39 is 17.6 Å². The minimum absolute atomic E-state index is 0.132. The number of benzene rings is 1. The summed E-state index contributed by atoms with van der Waals surface area (Å²) in [5.41, 5.74) is 0.712. The standard InChI is InChI=1S/C20H17F3N4OS/c21-20(22,23)14-5-3-4-13(10-14)19-25-16(12-29-19)18(28)26-17-7-6-15(11-24-17)27-8-1-2-9-27/h3-7,10-12H,1-2,8-9H2,(H,24,26,28). The van der Waals surface area contributed by atoms with Crippen LogP contribution in [0, 0.1) is 0 Å². The maximum absolute atomic E-state index is 12.9.